The Balaban J connectivity index is 1.78. The second-order valence-corrected chi connectivity index (χ2v) is 16.9. The normalized spacial score (nSPS) is 13.8. The maximum absolute atomic E-state index is 12.1. The van der Waals surface area contributed by atoms with Gasteiger partial charge in [-0.2, -0.15) is 0 Å². The number of nitrogens with two attached hydrogens (primary N) is 6. The number of rotatable bonds is 18. The lowest BCUT2D eigenvalue weighted by molar-refractivity contribution is -0.139. The van der Waals surface area contributed by atoms with E-state index < -0.39 is 72.1 Å². The first-order valence-electron chi connectivity index (χ1n) is 22.0. The Hall–Kier alpha value is -8.88. The Kier molecular flexibility index (Phi) is 14.9. The molecule has 366 valence electrons. The van der Waals surface area contributed by atoms with E-state index in [1.54, 1.807) is 146 Å². The maximum atomic E-state index is 12.1. The average molecular weight is 973 g/mol. The molecule has 18 nitrogen and oxygen atoms in total. The third-order valence-electron chi connectivity index (χ3n) is 12.4. The highest BCUT2D eigenvalue weighted by Crippen LogP contribution is 2.56. The predicted octanol–water partition coefficient (Wildman–Crippen LogP) is 6.20. The van der Waals surface area contributed by atoms with Crippen LogP contribution < -0.4 is 34.4 Å². The molecule has 7 rings (SSSR count). The molecule has 0 spiro atoms. The summed E-state index contributed by atoms with van der Waals surface area (Å²) in [6.07, 6.45) is 0. The quantitative estimate of drug-likeness (QED) is 0.0455. The summed E-state index contributed by atoms with van der Waals surface area (Å²) in [4.78, 5) is 72.6. The number of carboxylic acids is 6. The molecule has 0 fully saturated rings. The van der Waals surface area contributed by atoms with Crippen LogP contribution in [0, 0.1) is 0 Å². The zero-order chi connectivity index (χ0) is 52.3. The van der Waals surface area contributed by atoms with E-state index >= 15 is 0 Å². The van der Waals surface area contributed by atoms with Crippen molar-refractivity contribution < 1.29 is 59.4 Å². The molecule has 0 unspecified atom stereocenters. The number of aliphatic carboxylic acids is 6. The van der Waals surface area contributed by atoms with E-state index in [2.05, 4.69) is 0 Å². The standard InChI is InChI=1S/C54H48N6O12/c55-43(49(61)62)31-13-1-25(2-14-31)37-38(26-3-15-32(16-4-26)44(56)50(63)64)40(28-7-19-34(20-8-28)46(58)52(67)68)42(30-11-23-36(24-12-30)48(60)54(71)72)41(29-9-21-35(22-10-29)47(59)53(69)70)39(37)27-5-17-33(18-6-27)45(57)51(65)66/h1-24,43-48H,55-60H2,(H,61,62)(H,63,64)(H,65,66)(H,67,68)(H,69,70)(H,71,72)/t43-,44-,45-,46-,47-,48-/m0/s1. The van der Waals surface area contributed by atoms with Gasteiger partial charge in [0, 0.05) is 0 Å². The van der Waals surface area contributed by atoms with Gasteiger partial charge in [-0.1, -0.05) is 146 Å². The summed E-state index contributed by atoms with van der Waals surface area (Å²) in [5.74, 6) is -7.72. The molecule has 0 aliphatic rings. The fourth-order valence-electron chi connectivity index (χ4n) is 8.48. The Morgan fingerprint density at radius 3 is 0.403 bits per heavy atom. The topological polar surface area (TPSA) is 380 Å². The van der Waals surface area contributed by atoms with Crippen molar-refractivity contribution in [3.05, 3.63) is 179 Å². The van der Waals surface area contributed by atoms with Gasteiger partial charge in [-0.3, -0.25) is 28.8 Å². The first-order valence-corrected chi connectivity index (χ1v) is 22.0. The van der Waals surface area contributed by atoms with Crippen LogP contribution in [0.5, 0.6) is 0 Å². The van der Waals surface area contributed by atoms with Crippen LogP contribution in [-0.4, -0.2) is 66.5 Å². The second kappa shape index (κ2) is 21.0. The van der Waals surface area contributed by atoms with Crippen molar-refractivity contribution in [2.75, 3.05) is 0 Å². The molecule has 7 aromatic rings. The van der Waals surface area contributed by atoms with Crippen LogP contribution in [0.4, 0.5) is 0 Å². The lowest BCUT2D eigenvalue weighted by Crippen LogP contribution is -2.20. The zero-order valence-corrected chi connectivity index (χ0v) is 37.9. The minimum absolute atomic E-state index is 0.251. The van der Waals surface area contributed by atoms with Gasteiger partial charge in [-0.25, -0.2) is 0 Å². The summed E-state index contributed by atoms with van der Waals surface area (Å²) in [5, 5.41) is 59.2. The molecular weight excluding hydrogens is 925 g/mol. The van der Waals surface area contributed by atoms with Crippen molar-refractivity contribution in [3.8, 4) is 66.8 Å². The highest BCUT2D eigenvalue weighted by Gasteiger charge is 2.31. The van der Waals surface area contributed by atoms with Crippen molar-refractivity contribution in [2.45, 2.75) is 36.3 Å². The van der Waals surface area contributed by atoms with Crippen LogP contribution in [0.25, 0.3) is 66.8 Å². The molecule has 0 saturated heterocycles. The molecule has 0 aromatic heterocycles. The lowest BCUT2D eigenvalue weighted by Gasteiger charge is -2.29. The first kappa shape index (κ1) is 51.0. The van der Waals surface area contributed by atoms with Gasteiger partial charge in [-0.05, 0) is 100 Å². The molecular formula is C54H48N6O12. The van der Waals surface area contributed by atoms with Crippen molar-refractivity contribution >= 4 is 35.8 Å². The van der Waals surface area contributed by atoms with E-state index in [1.807, 2.05) is 0 Å². The highest BCUT2D eigenvalue weighted by molar-refractivity contribution is 6.15. The molecule has 18 N–H and O–H groups in total. The lowest BCUT2D eigenvalue weighted by atomic mass is 9.73. The van der Waals surface area contributed by atoms with Gasteiger partial charge in [-0.15, -0.1) is 0 Å². The molecule has 7 aromatic carbocycles. The highest BCUT2D eigenvalue weighted by atomic mass is 16.4. The molecule has 0 amide bonds. The van der Waals surface area contributed by atoms with E-state index in [0.29, 0.717) is 66.8 Å². The van der Waals surface area contributed by atoms with Crippen molar-refractivity contribution in [1.29, 1.82) is 0 Å². The summed E-state index contributed by atoms with van der Waals surface area (Å²) < 4.78 is 0. The van der Waals surface area contributed by atoms with E-state index in [-0.39, 0.29) is 33.4 Å². The van der Waals surface area contributed by atoms with E-state index in [0.717, 1.165) is 0 Å². The number of benzene rings is 7. The van der Waals surface area contributed by atoms with E-state index in [1.165, 1.54) is 0 Å². The van der Waals surface area contributed by atoms with Gasteiger partial charge in [0.05, 0.1) is 0 Å². The van der Waals surface area contributed by atoms with Crippen LogP contribution in [0.1, 0.15) is 69.6 Å². The summed E-state index contributed by atoms with van der Waals surface area (Å²) in [6, 6.07) is 30.2. The summed E-state index contributed by atoms with van der Waals surface area (Å²) >= 11 is 0. The van der Waals surface area contributed by atoms with Crippen molar-refractivity contribution in [1.82, 2.24) is 0 Å². The Bertz CT molecular complexity index is 2640. The SMILES string of the molecule is N[C@H](C(=O)O)c1ccc(-c2c(-c3ccc([C@H](N)C(=O)O)cc3)c(-c3ccc([C@H](N)C(=O)O)cc3)c(-c3ccc([C@H](N)C(=O)O)cc3)c(-c3ccc([C@H](N)C(=O)O)cc3)c2-c2ccc([C@H](N)C(=O)O)cc2)cc1. The molecule has 0 bridgehead atoms. The number of carboxylic acid groups (broad SMARTS) is 6. The van der Waals surface area contributed by atoms with Gasteiger partial charge in [0.2, 0.25) is 0 Å². The smallest absolute Gasteiger partial charge is 0.325 e. The minimum Gasteiger partial charge on any atom is -0.480 e. The van der Waals surface area contributed by atoms with Crippen LogP contribution in [0.2, 0.25) is 0 Å². The monoisotopic (exact) mass is 972 g/mol. The summed E-state index contributed by atoms with van der Waals surface area (Å²) in [5.41, 5.74) is 43.7. The van der Waals surface area contributed by atoms with Gasteiger partial charge in [0.15, 0.2) is 0 Å². The molecule has 18 heteroatoms. The largest absolute Gasteiger partial charge is 0.480 e. The van der Waals surface area contributed by atoms with Gasteiger partial charge in [0.25, 0.3) is 0 Å². The predicted molar refractivity (Wildman–Crippen MR) is 266 cm³/mol. The van der Waals surface area contributed by atoms with Crippen molar-refractivity contribution in [2.24, 2.45) is 34.4 Å². The Morgan fingerprint density at radius 2 is 0.319 bits per heavy atom. The Morgan fingerprint density at radius 1 is 0.222 bits per heavy atom. The molecule has 0 aliphatic heterocycles. The molecule has 0 radical (unpaired) electrons. The third kappa shape index (κ3) is 10.2. The number of carbonyl (C=O) groups is 6. The maximum Gasteiger partial charge on any atom is 0.325 e. The van der Waals surface area contributed by atoms with Crippen molar-refractivity contribution in [3.63, 3.8) is 0 Å². The Labute approximate surface area is 410 Å². The average Bonchev–Trinajstić information content (AvgIpc) is 3.38. The van der Waals surface area contributed by atoms with Crippen LogP contribution in [-0.2, 0) is 28.8 Å². The number of hydrogen-bond donors (Lipinski definition) is 12. The molecule has 0 heterocycles. The third-order valence-corrected chi connectivity index (χ3v) is 12.4. The second-order valence-electron chi connectivity index (χ2n) is 16.9. The van der Waals surface area contributed by atoms with Gasteiger partial charge in [0.1, 0.15) is 36.3 Å². The van der Waals surface area contributed by atoms with Gasteiger partial charge < -0.3 is 65.0 Å². The zero-order valence-electron chi connectivity index (χ0n) is 37.9. The first-order chi connectivity index (χ1) is 34.2. The fraction of sp³-hybridized carbons (Fsp3) is 0.111. The van der Waals surface area contributed by atoms with E-state index in [4.69, 9.17) is 34.4 Å². The molecule has 72 heavy (non-hydrogen) atoms. The molecule has 6 atom stereocenters. The fourth-order valence-corrected chi connectivity index (χ4v) is 8.48. The molecule has 0 aliphatic carbocycles. The van der Waals surface area contributed by atoms with E-state index in [9.17, 15) is 59.4 Å². The minimum atomic E-state index is -1.41. The number of hydrogen-bond acceptors (Lipinski definition) is 12. The summed E-state index contributed by atoms with van der Waals surface area (Å²) in [6.45, 7) is 0. The van der Waals surface area contributed by atoms with Crippen LogP contribution in [0.3, 0.4) is 0 Å². The summed E-state index contributed by atoms with van der Waals surface area (Å²) in [7, 11) is 0. The van der Waals surface area contributed by atoms with Gasteiger partial charge >= 0.3 is 35.8 Å². The molecule has 0 saturated carbocycles. The van der Waals surface area contributed by atoms with Crippen LogP contribution >= 0.6 is 0 Å². The van der Waals surface area contributed by atoms with Crippen LogP contribution in [0.15, 0.2) is 146 Å².